The first-order valence-electron chi connectivity index (χ1n) is 7.10. The Morgan fingerprint density at radius 1 is 1.38 bits per heavy atom. The highest BCUT2D eigenvalue weighted by atomic mass is 16.2. The Labute approximate surface area is 126 Å². The van der Waals surface area contributed by atoms with Crippen molar-refractivity contribution in [3.63, 3.8) is 0 Å². The number of hydrogen-bond acceptors (Lipinski definition) is 4. The number of nitrogen functional groups attached to an aromatic ring is 1. The highest BCUT2D eigenvalue weighted by molar-refractivity contribution is 5.96. The van der Waals surface area contributed by atoms with Crippen molar-refractivity contribution in [2.24, 2.45) is 5.92 Å². The molecule has 0 aliphatic carbocycles. The lowest BCUT2D eigenvalue weighted by molar-refractivity contribution is 0.0740. The summed E-state index contributed by atoms with van der Waals surface area (Å²) in [7, 11) is 3.82. The third kappa shape index (κ3) is 4.67. The monoisotopic (exact) mass is 288 g/mol. The van der Waals surface area contributed by atoms with Crippen molar-refractivity contribution in [3.8, 4) is 6.07 Å². The average molecular weight is 288 g/mol. The summed E-state index contributed by atoms with van der Waals surface area (Å²) in [6.45, 7) is 5.19. The number of nitrogens with two attached hydrogens (primary N) is 1. The number of carbonyl (C=O) groups is 1. The molecule has 0 fully saturated rings. The first-order chi connectivity index (χ1) is 9.86. The Kier molecular flexibility index (Phi) is 6.04. The fourth-order valence-corrected chi connectivity index (χ4v) is 2.18. The molecule has 0 unspecified atom stereocenters. The maximum absolute atomic E-state index is 12.6. The van der Waals surface area contributed by atoms with Gasteiger partial charge in [0.1, 0.15) is 0 Å². The van der Waals surface area contributed by atoms with Gasteiger partial charge in [-0.1, -0.05) is 13.8 Å². The van der Waals surface area contributed by atoms with E-state index >= 15 is 0 Å². The van der Waals surface area contributed by atoms with E-state index in [0.29, 0.717) is 36.7 Å². The van der Waals surface area contributed by atoms with Crippen molar-refractivity contribution < 1.29 is 4.79 Å². The molecule has 0 spiro atoms. The molecule has 114 valence electrons. The van der Waals surface area contributed by atoms with E-state index in [0.717, 1.165) is 5.69 Å². The molecule has 1 aromatic rings. The molecule has 0 aromatic heterocycles. The van der Waals surface area contributed by atoms with Crippen LogP contribution in [0.5, 0.6) is 0 Å². The molecule has 1 aromatic carbocycles. The second kappa shape index (κ2) is 7.53. The van der Waals surface area contributed by atoms with Crippen LogP contribution in [0.2, 0.25) is 0 Å². The van der Waals surface area contributed by atoms with E-state index in [1.807, 2.05) is 25.1 Å². The standard InChI is InChI=1S/C16H24N4O/c1-12(2)11-20(9-5-8-17)16(21)13-6-7-15(19(3)4)14(18)10-13/h6-7,10,12H,5,9,11,18H2,1-4H3. The minimum Gasteiger partial charge on any atom is -0.397 e. The van der Waals surface area contributed by atoms with Crippen LogP contribution in [-0.4, -0.2) is 38.0 Å². The molecule has 0 saturated heterocycles. The molecule has 0 heterocycles. The maximum atomic E-state index is 12.6. The summed E-state index contributed by atoms with van der Waals surface area (Å²) in [4.78, 5) is 16.2. The van der Waals surface area contributed by atoms with Crippen LogP contribution in [0, 0.1) is 17.2 Å². The summed E-state index contributed by atoms with van der Waals surface area (Å²) in [6, 6.07) is 7.43. The largest absolute Gasteiger partial charge is 0.397 e. The van der Waals surface area contributed by atoms with Gasteiger partial charge in [0.2, 0.25) is 0 Å². The van der Waals surface area contributed by atoms with E-state index in [2.05, 4.69) is 19.9 Å². The van der Waals surface area contributed by atoms with Gasteiger partial charge in [-0.25, -0.2) is 0 Å². The van der Waals surface area contributed by atoms with Crippen LogP contribution in [-0.2, 0) is 0 Å². The number of rotatable bonds is 6. The summed E-state index contributed by atoms with van der Waals surface area (Å²) in [5.74, 6) is 0.280. The van der Waals surface area contributed by atoms with Crippen LogP contribution in [0.1, 0.15) is 30.6 Å². The molecule has 0 saturated carbocycles. The summed E-state index contributed by atoms with van der Waals surface area (Å²) in [5.41, 5.74) is 8.03. The topological polar surface area (TPSA) is 73.4 Å². The Morgan fingerprint density at radius 2 is 2.05 bits per heavy atom. The smallest absolute Gasteiger partial charge is 0.253 e. The first kappa shape index (κ1) is 16.8. The predicted molar refractivity (Wildman–Crippen MR) is 86.2 cm³/mol. The molecule has 1 rings (SSSR count). The molecular weight excluding hydrogens is 264 g/mol. The number of hydrogen-bond donors (Lipinski definition) is 1. The summed E-state index contributed by atoms with van der Waals surface area (Å²) >= 11 is 0. The zero-order valence-electron chi connectivity index (χ0n) is 13.3. The highest BCUT2D eigenvalue weighted by Gasteiger charge is 2.17. The van der Waals surface area contributed by atoms with E-state index < -0.39 is 0 Å². The summed E-state index contributed by atoms with van der Waals surface area (Å²) in [6.07, 6.45) is 0.337. The number of nitriles is 1. The fraction of sp³-hybridized carbons (Fsp3) is 0.500. The Morgan fingerprint density at radius 3 is 2.52 bits per heavy atom. The van der Waals surface area contributed by atoms with Gasteiger partial charge in [0.15, 0.2) is 0 Å². The lowest BCUT2D eigenvalue weighted by Crippen LogP contribution is -2.35. The predicted octanol–water partition coefficient (Wildman–Crippen LogP) is 2.35. The number of anilines is 2. The zero-order valence-corrected chi connectivity index (χ0v) is 13.3. The molecule has 0 radical (unpaired) electrons. The molecule has 0 atom stereocenters. The number of amides is 1. The quantitative estimate of drug-likeness (QED) is 0.815. The zero-order chi connectivity index (χ0) is 16.0. The number of benzene rings is 1. The van der Waals surface area contributed by atoms with Gasteiger partial charge >= 0.3 is 0 Å². The Bertz CT molecular complexity index is 532. The lowest BCUT2D eigenvalue weighted by Gasteiger charge is -2.24. The molecule has 0 aliphatic rings. The Balaban J connectivity index is 2.98. The average Bonchev–Trinajstić information content (AvgIpc) is 2.41. The van der Waals surface area contributed by atoms with Crippen LogP contribution in [0.25, 0.3) is 0 Å². The second-order valence-corrected chi connectivity index (χ2v) is 5.72. The van der Waals surface area contributed by atoms with Gasteiger partial charge in [0, 0.05) is 32.7 Å². The van der Waals surface area contributed by atoms with Crippen molar-refractivity contribution in [2.75, 3.05) is 37.8 Å². The third-order valence-corrected chi connectivity index (χ3v) is 3.12. The van der Waals surface area contributed by atoms with Crippen molar-refractivity contribution in [3.05, 3.63) is 23.8 Å². The fourth-order valence-electron chi connectivity index (χ4n) is 2.18. The molecular formula is C16H24N4O. The van der Waals surface area contributed by atoms with Crippen molar-refractivity contribution in [1.82, 2.24) is 4.90 Å². The normalized spacial score (nSPS) is 10.3. The van der Waals surface area contributed by atoms with Gasteiger partial charge < -0.3 is 15.5 Å². The number of nitrogens with zero attached hydrogens (tertiary/aromatic N) is 3. The molecule has 5 nitrogen and oxygen atoms in total. The van der Waals surface area contributed by atoms with Gasteiger partial charge in [-0.2, -0.15) is 5.26 Å². The highest BCUT2D eigenvalue weighted by Crippen LogP contribution is 2.23. The number of carbonyl (C=O) groups excluding carboxylic acids is 1. The molecule has 21 heavy (non-hydrogen) atoms. The molecule has 2 N–H and O–H groups in total. The molecule has 1 amide bonds. The van der Waals surface area contributed by atoms with Crippen LogP contribution in [0.4, 0.5) is 11.4 Å². The van der Waals surface area contributed by atoms with Crippen LogP contribution in [0.3, 0.4) is 0 Å². The minimum absolute atomic E-state index is 0.0732. The van der Waals surface area contributed by atoms with Crippen molar-refractivity contribution in [1.29, 1.82) is 5.26 Å². The van der Waals surface area contributed by atoms with Gasteiger partial charge in [-0.15, -0.1) is 0 Å². The van der Waals surface area contributed by atoms with E-state index in [1.54, 1.807) is 17.0 Å². The van der Waals surface area contributed by atoms with E-state index in [-0.39, 0.29) is 5.91 Å². The van der Waals surface area contributed by atoms with Crippen LogP contribution < -0.4 is 10.6 Å². The van der Waals surface area contributed by atoms with Gasteiger partial charge in [0.25, 0.3) is 5.91 Å². The summed E-state index contributed by atoms with van der Waals surface area (Å²) < 4.78 is 0. The minimum atomic E-state index is -0.0732. The SMILES string of the molecule is CC(C)CN(CCC#N)C(=O)c1ccc(N(C)C)c(N)c1. The maximum Gasteiger partial charge on any atom is 0.253 e. The van der Waals surface area contributed by atoms with E-state index in [1.165, 1.54) is 0 Å². The van der Waals surface area contributed by atoms with E-state index in [4.69, 9.17) is 11.0 Å². The van der Waals surface area contributed by atoms with E-state index in [9.17, 15) is 4.79 Å². The second-order valence-electron chi connectivity index (χ2n) is 5.72. The van der Waals surface area contributed by atoms with Gasteiger partial charge in [0.05, 0.1) is 23.9 Å². The Hall–Kier alpha value is -2.22. The lowest BCUT2D eigenvalue weighted by atomic mass is 10.1. The van der Waals surface area contributed by atoms with Crippen LogP contribution >= 0.6 is 0 Å². The third-order valence-electron chi connectivity index (χ3n) is 3.12. The van der Waals surface area contributed by atoms with Gasteiger partial charge in [-0.05, 0) is 24.1 Å². The molecule has 5 heteroatoms. The van der Waals surface area contributed by atoms with Crippen molar-refractivity contribution in [2.45, 2.75) is 20.3 Å². The molecule has 0 aliphatic heterocycles. The van der Waals surface area contributed by atoms with Crippen molar-refractivity contribution >= 4 is 17.3 Å². The van der Waals surface area contributed by atoms with Gasteiger partial charge in [-0.3, -0.25) is 4.79 Å². The molecule has 0 bridgehead atoms. The first-order valence-corrected chi connectivity index (χ1v) is 7.10. The summed E-state index contributed by atoms with van der Waals surface area (Å²) in [5, 5.41) is 8.73. The van der Waals surface area contributed by atoms with Crippen LogP contribution in [0.15, 0.2) is 18.2 Å².